The largest absolute Gasteiger partial charge is 0.310 e. The summed E-state index contributed by atoms with van der Waals surface area (Å²) in [5.41, 5.74) is 14.7. The lowest BCUT2D eigenvalue weighted by atomic mass is 9.82. The second-order valence-corrected chi connectivity index (χ2v) is 13.0. The first kappa shape index (κ1) is 27.5. The highest BCUT2D eigenvalue weighted by atomic mass is 15.1. The number of fused-ring (bicyclic) bond motifs is 6. The Morgan fingerprint density at radius 3 is 1.91 bits per heavy atom. The Labute approximate surface area is 275 Å². The average molecular weight is 603 g/mol. The van der Waals surface area contributed by atoms with Crippen molar-refractivity contribution in [1.29, 1.82) is 0 Å². The van der Waals surface area contributed by atoms with Crippen LogP contribution < -0.4 is 4.90 Å². The number of hydrogen-bond donors (Lipinski definition) is 0. The Balaban J connectivity index is 1.37. The highest BCUT2D eigenvalue weighted by Crippen LogP contribution is 2.52. The molecule has 0 fully saturated rings. The molecule has 0 saturated carbocycles. The monoisotopic (exact) mass is 602 g/mol. The molecule has 0 atom stereocenters. The van der Waals surface area contributed by atoms with E-state index in [0.29, 0.717) is 0 Å². The molecule has 1 heterocycles. The molecule has 1 aromatic heterocycles. The Bertz CT molecular complexity index is 2420. The third kappa shape index (κ3) is 4.18. The first-order valence-corrected chi connectivity index (χ1v) is 16.4. The van der Waals surface area contributed by atoms with E-state index in [-0.39, 0.29) is 5.41 Å². The van der Waals surface area contributed by atoms with Gasteiger partial charge in [-0.2, -0.15) is 0 Å². The quantitative estimate of drug-likeness (QED) is 0.190. The molecule has 0 N–H and O–H groups in total. The molecule has 2 nitrogen and oxygen atoms in total. The van der Waals surface area contributed by atoms with E-state index in [4.69, 9.17) is 0 Å². The first-order valence-electron chi connectivity index (χ1n) is 16.4. The first-order chi connectivity index (χ1) is 23.1. The minimum Gasteiger partial charge on any atom is -0.310 e. The maximum atomic E-state index is 2.45. The minimum atomic E-state index is -0.0976. The van der Waals surface area contributed by atoms with Crippen LogP contribution >= 0.6 is 0 Å². The highest BCUT2D eigenvalue weighted by Gasteiger charge is 2.36. The summed E-state index contributed by atoms with van der Waals surface area (Å²) in [5.74, 6) is 0. The molecule has 8 aromatic rings. The molecule has 0 aliphatic heterocycles. The molecule has 0 spiro atoms. The summed E-state index contributed by atoms with van der Waals surface area (Å²) in [6.45, 7) is 4.71. The van der Waals surface area contributed by atoms with Gasteiger partial charge in [0.2, 0.25) is 0 Å². The van der Waals surface area contributed by atoms with Gasteiger partial charge in [-0.25, -0.2) is 0 Å². The van der Waals surface area contributed by atoms with Crippen LogP contribution in [0.1, 0.15) is 25.0 Å². The van der Waals surface area contributed by atoms with Crippen molar-refractivity contribution in [3.63, 3.8) is 0 Å². The van der Waals surface area contributed by atoms with E-state index < -0.39 is 0 Å². The molecule has 0 saturated heterocycles. The molecular formula is C45H34N2. The number of benzene rings is 7. The number of para-hydroxylation sites is 3. The molecule has 0 radical (unpaired) electrons. The minimum absolute atomic E-state index is 0.0976. The fraction of sp³-hybridized carbons (Fsp3) is 0.0667. The fourth-order valence-electron chi connectivity index (χ4n) is 7.82. The van der Waals surface area contributed by atoms with Crippen LogP contribution in [0.15, 0.2) is 170 Å². The maximum absolute atomic E-state index is 2.45. The van der Waals surface area contributed by atoms with Crippen LogP contribution in [0.4, 0.5) is 17.1 Å². The standard InChI is InChI=1S/C45H34N2/c1-45(2)38-24-14-12-22-35(38)36-27-26-34(30-39(36)45)46(32-18-8-4-9-19-32)41-28-29-42-44(43(41)31-16-6-3-7-17-31)37-23-13-15-25-40(37)47(42)33-20-10-5-11-21-33/h3-30H,1-2H3. The number of rotatable bonds is 5. The van der Waals surface area contributed by atoms with Gasteiger partial charge in [0.25, 0.3) is 0 Å². The van der Waals surface area contributed by atoms with E-state index in [1.165, 1.54) is 55.2 Å². The van der Waals surface area contributed by atoms with Gasteiger partial charge in [-0.15, -0.1) is 0 Å². The summed E-state index contributed by atoms with van der Waals surface area (Å²) in [6.07, 6.45) is 0. The van der Waals surface area contributed by atoms with E-state index in [0.717, 1.165) is 22.7 Å². The van der Waals surface area contributed by atoms with E-state index in [1.54, 1.807) is 0 Å². The third-order valence-electron chi connectivity index (χ3n) is 9.97. The molecule has 0 unspecified atom stereocenters. The lowest BCUT2D eigenvalue weighted by molar-refractivity contribution is 0.660. The van der Waals surface area contributed by atoms with E-state index >= 15 is 0 Å². The van der Waals surface area contributed by atoms with Crippen LogP contribution in [-0.4, -0.2) is 4.57 Å². The molecule has 0 amide bonds. The Hall–Kier alpha value is -5.86. The predicted octanol–water partition coefficient (Wildman–Crippen LogP) is 12.2. The summed E-state index contributed by atoms with van der Waals surface area (Å²) in [4.78, 5) is 2.45. The maximum Gasteiger partial charge on any atom is 0.0548 e. The second kappa shape index (κ2) is 10.6. The van der Waals surface area contributed by atoms with Gasteiger partial charge in [-0.1, -0.05) is 129 Å². The highest BCUT2D eigenvalue weighted by molar-refractivity contribution is 6.19. The van der Waals surface area contributed by atoms with Gasteiger partial charge in [-0.3, -0.25) is 0 Å². The summed E-state index contributed by atoms with van der Waals surface area (Å²) < 4.78 is 2.41. The topological polar surface area (TPSA) is 8.17 Å². The molecule has 0 bridgehead atoms. The van der Waals surface area contributed by atoms with Crippen molar-refractivity contribution in [2.24, 2.45) is 0 Å². The van der Waals surface area contributed by atoms with Crippen LogP contribution in [0, 0.1) is 0 Å². The molecule has 224 valence electrons. The zero-order valence-corrected chi connectivity index (χ0v) is 26.6. The van der Waals surface area contributed by atoms with Gasteiger partial charge < -0.3 is 9.47 Å². The van der Waals surface area contributed by atoms with Crippen molar-refractivity contribution in [3.8, 4) is 27.9 Å². The van der Waals surface area contributed by atoms with E-state index in [2.05, 4.69) is 193 Å². The van der Waals surface area contributed by atoms with Crippen molar-refractivity contribution in [1.82, 2.24) is 4.57 Å². The van der Waals surface area contributed by atoms with Gasteiger partial charge in [0.15, 0.2) is 0 Å². The number of nitrogens with zero attached hydrogens (tertiary/aromatic N) is 2. The zero-order chi connectivity index (χ0) is 31.5. The van der Waals surface area contributed by atoms with Crippen molar-refractivity contribution in [3.05, 3.63) is 181 Å². The molecule has 1 aliphatic carbocycles. The van der Waals surface area contributed by atoms with Crippen molar-refractivity contribution in [2.45, 2.75) is 19.3 Å². The number of aromatic nitrogens is 1. The summed E-state index contributed by atoms with van der Waals surface area (Å²) in [5, 5.41) is 2.49. The van der Waals surface area contributed by atoms with Crippen LogP contribution in [0.5, 0.6) is 0 Å². The summed E-state index contributed by atoms with van der Waals surface area (Å²) >= 11 is 0. The third-order valence-corrected chi connectivity index (χ3v) is 9.97. The molecule has 7 aromatic carbocycles. The molecule has 9 rings (SSSR count). The van der Waals surface area contributed by atoms with E-state index in [1.807, 2.05) is 0 Å². The summed E-state index contributed by atoms with van der Waals surface area (Å²) in [7, 11) is 0. The van der Waals surface area contributed by atoms with Crippen LogP contribution in [-0.2, 0) is 5.41 Å². The Kier molecular flexibility index (Phi) is 6.20. The Morgan fingerprint density at radius 2 is 1.13 bits per heavy atom. The second-order valence-electron chi connectivity index (χ2n) is 13.0. The molecule has 1 aliphatic rings. The van der Waals surface area contributed by atoms with Crippen LogP contribution in [0.25, 0.3) is 49.7 Å². The van der Waals surface area contributed by atoms with Crippen LogP contribution in [0.3, 0.4) is 0 Å². The van der Waals surface area contributed by atoms with Gasteiger partial charge in [0, 0.05) is 38.8 Å². The van der Waals surface area contributed by atoms with Gasteiger partial charge in [0.05, 0.1) is 16.7 Å². The average Bonchev–Trinajstić information content (AvgIpc) is 3.58. The number of anilines is 3. The van der Waals surface area contributed by atoms with Crippen LogP contribution in [0.2, 0.25) is 0 Å². The van der Waals surface area contributed by atoms with Gasteiger partial charge in [-0.05, 0) is 82.4 Å². The fourth-order valence-corrected chi connectivity index (χ4v) is 7.82. The van der Waals surface area contributed by atoms with Gasteiger partial charge >= 0.3 is 0 Å². The lowest BCUT2D eigenvalue weighted by Crippen LogP contribution is -2.17. The molecule has 2 heteroatoms. The van der Waals surface area contributed by atoms with Crippen molar-refractivity contribution < 1.29 is 0 Å². The summed E-state index contributed by atoms with van der Waals surface area (Å²) in [6, 6.07) is 61.8. The molecular weight excluding hydrogens is 569 g/mol. The lowest BCUT2D eigenvalue weighted by Gasteiger charge is -2.30. The molecule has 47 heavy (non-hydrogen) atoms. The Morgan fingerprint density at radius 1 is 0.489 bits per heavy atom. The predicted molar refractivity (Wildman–Crippen MR) is 198 cm³/mol. The number of hydrogen-bond acceptors (Lipinski definition) is 1. The smallest absolute Gasteiger partial charge is 0.0548 e. The van der Waals surface area contributed by atoms with Crippen molar-refractivity contribution in [2.75, 3.05) is 4.90 Å². The van der Waals surface area contributed by atoms with E-state index in [9.17, 15) is 0 Å². The normalized spacial score (nSPS) is 13.1. The SMILES string of the molecule is CC1(C)c2ccccc2-c2ccc(N(c3ccccc3)c3ccc4c(c3-c3ccccc3)c3ccccc3n4-c3ccccc3)cc21. The van der Waals surface area contributed by atoms with Gasteiger partial charge in [0.1, 0.15) is 0 Å². The van der Waals surface area contributed by atoms with Crippen molar-refractivity contribution >= 4 is 38.9 Å². The zero-order valence-electron chi connectivity index (χ0n) is 26.6.